The highest BCUT2D eigenvalue weighted by Gasteiger charge is 2.28. The summed E-state index contributed by atoms with van der Waals surface area (Å²) < 4.78 is 69.4. The lowest BCUT2D eigenvalue weighted by Gasteiger charge is -2.23. The van der Waals surface area contributed by atoms with Crippen LogP contribution in [0.1, 0.15) is 62.9 Å². The average Bonchev–Trinajstić information content (AvgIpc) is 3.06. The molecule has 0 saturated heterocycles. The number of nitrogens with two attached hydrogens (primary N) is 1. The molecular formula is C39H42N4O7S2. The Morgan fingerprint density at radius 2 is 1.08 bits per heavy atom. The quantitative estimate of drug-likeness (QED) is 0.0462. The molecule has 0 aliphatic rings. The molecule has 0 bridgehead atoms. The van der Waals surface area contributed by atoms with Crippen molar-refractivity contribution in [3.63, 3.8) is 0 Å². The molecule has 13 heteroatoms. The Hall–Kier alpha value is -5.21. The zero-order valence-electron chi connectivity index (χ0n) is 29.9. The van der Waals surface area contributed by atoms with Crippen LogP contribution in [0, 0.1) is 41.5 Å². The summed E-state index contributed by atoms with van der Waals surface area (Å²) in [6.07, 6.45) is 0. The predicted molar refractivity (Wildman–Crippen MR) is 206 cm³/mol. The summed E-state index contributed by atoms with van der Waals surface area (Å²) in [7, 11) is -9.75. The number of nitrogens with one attached hydrogen (secondary N) is 3. The van der Waals surface area contributed by atoms with Crippen molar-refractivity contribution in [3.8, 4) is 0 Å². The van der Waals surface area contributed by atoms with Crippen molar-refractivity contribution < 1.29 is 30.7 Å². The van der Waals surface area contributed by atoms with E-state index >= 15 is 0 Å². The molecule has 0 radical (unpaired) electrons. The standard InChI is InChI=1S/C39H42N4O7S2/c1-21-18-22(2)37(25(5)36(21)40)42-30-12-8-28(9-13-30)35(33-17-16-32(51(45,46)47)20-34(33)52(48,49)50)29-10-14-31(15-11-29)43-39-24(4)19-23(3)38(26(39)6)41-27(7)44/h8-20,35,42-43H,40H2,1-7H3,(H,41,44)(H,45,46,47)(H,48,49,50). The van der Waals surface area contributed by atoms with E-state index in [4.69, 9.17) is 5.73 Å². The Morgan fingerprint density at radius 1 is 0.615 bits per heavy atom. The molecule has 0 aromatic heterocycles. The normalized spacial score (nSPS) is 12.3. The van der Waals surface area contributed by atoms with Crippen LogP contribution in [-0.2, 0) is 25.0 Å². The van der Waals surface area contributed by atoms with Crippen molar-refractivity contribution in [1.82, 2.24) is 0 Å². The van der Waals surface area contributed by atoms with E-state index in [1.807, 2.05) is 90.1 Å². The molecular weight excluding hydrogens is 701 g/mol. The summed E-state index contributed by atoms with van der Waals surface area (Å²) in [5, 5.41) is 9.77. The Labute approximate surface area is 304 Å². The van der Waals surface area contributed by atoms with Gasteiger partial charge in [-0.3, -0.25) is 13.9 Å². The fourth-order valence-electron chi connectivity index (χ4n) is 6.63. The van der Waals surface area contributed by atoms with Crippen molar-refractivity contribution in [3.05, 3.63) is 129 Å². The highest BCUT2D eigenvalue weighted by Crippen LogP contribution is 2.39. The largest absolute Gasteiger partial charge is 0.398 e. The van der Waals surface area contributed by atoms with E-state index in [2.05, 4.69) is 16.0 Å². The van der Waals surface area contributed by atoms with E-state index in [0.29, 0.717) is 22.5 Å². The second kappa shape index (κ2) is 14.4. The summed E-state index contributed by atoms with van der Waals surface area (Å²) in [6.45, 7) is 13.1. The maximum atomic E-state index is 12.7. The first-order chi connectivity index (χ1) is 24.3. The van der Waals surface area contributed by atoms with Crippen molar-refractivity contribution in [1.29, 1.82) is 0 Å². The number of hydrogen-bond donors (Lipinski definition) is 6. The number of nitrogen functional groups attached to an aromatic ring is 1. The van der Waals surface area contributed by atoms with E-state index in [1.54, 1.807) is 12.1 Å². The molecule has 1 unspecified atom stereocenters. The molecule has 0 fully saturated rings. The molecule has 1 amide bonds. The lowest BCUT2D eigenvalue weighted by atomic mass is 9.85. The topological polar surface area (TPSA) is 188 Å². The third kappa shape index (κ3) is 7.97. The highest BCUT2D eigenvalue weighted by atomic mass is 32.2. The zero-order chi connectivity index (χ0) is 38.3. The van der Waals surface area contributed by atoms with Crippen molar-refractivity contribution in [2.45, 2.75) is 64.2 Å². The van der Waals surface area contributed by atoms with E-state index < -0.39 is 35.9 Å². The lowest BCUT2D eigenvalue weighted by Crippen LogP contribution is -2.12. The van der Waals surface area contributed by atoms with Gasteiger partial charge in [-0.1, -0.05) is 42.5 Å². The molecule has 11 nitrogen and oxygen atoms in total. The lowest BCUT2D eigenvalue weighted by molar-refractivity contribution is -0.114. The van der Waals surface area contributed by atoms with Crippen LogP contribution in [0.5, 0.6) is 0 Å². The number of anilines is 6. The number of rotatable bonds is 10. The van der Waals surface area contributed by atoms with Gasteiger partial charge >= 0.3 is 0 Å². The molecule has 0 spiro atoms. The van der Waals surface area contributed by atoms with Gasteiger partial charge in [0.05, 0.1) is 9.79 Å². The fraction of sp³-hybridized carbons (Fsp3) is 0.205. The average molecular weight is 743 g/mol. The van der Waals surface area contributed by atoms with Gasteiger partial charge in [-0.25, -0.2) is 0 Å². The number of benzene rings is 5. The van der Waals surface area contributed by atoms with E-state index in [0.717, 1.165) is 68.3 Å². The maximum Gasteiger partial charge on any atom is 0.294 e. The van der Waals surface area contributed by atoms with Crippen LogP contribution >= 0.6 is 0 Å². The van der Waals surface area contributed by atoms with Crippen LogP contribution in [0.2, 0.25) is 0 Å². The SMILES string of the molecule is CC(=O)Nc1c(C)cc(C)c(Nc2ccc(C(c3ccc(Nc4c(C)cc(C)c(N)c4C)cc3)c3ccc(S(=O)(=O)O)cc3S(=O)(=O)O)cc2)c1C. The minimum absolute atomic E-state index is 0.0967. The molecule has 0 aliphatic heterocycles. The summed E-state index contributed by atoms with van der Waals surface area (Å²) in [4.78, 5) is 10.5. The van der Waals surface area contributed by atoms with Crippen LogP contribution in [-0.4, -0.2) is 31.8 Å². The molecule has 0 saturated carbocycles. The Morgan fingerprint density at radius 3 is 1.54 bits per heavy atom. The van der Waals surface area contributed by atoms with Gasteiger partial charge in [-0.15, -0.1) is 0 Å². The van der Waals surface area contributed by atoms with Gasteiger partial charge in [0, 0.05) is 47.0 Å². The summed E-state index contributed by atoms with van der Waals surface area (Å²) in [6, 6.07) is 21.7. The van der Waals surface area contributed by atoms with Crippen molar-refractivity contribution in [2.75, 3.05) is 21.7 Å². The smallest absolute Gasteiger partial charge is 0.294 e. The molecule has 0 heterocycles. The van der Waals surface area contributed by atoms with Gasteiger partial charge in [0.15, 0.2) is 0 Å². The number of aryl methyl sites for hydroxylation is 4. The third-order valence-corrected chi connectivity index (χ3v) is 11.0. The molecule has 5 rings (SSSR count). The van der Waals surface area contributed by atoms with Crippen LogP contribution in [0.4, 0.5) is 34.1 Å². The van der Waals surface area contributed by atoms with Crippen molar-refractivity contribution in [2.24, 2.45) is 0 Å². The van der Waals surface area contributed by atoms with Crippen LogP contribution in [0.15, 0.2) is 88.7 Å². The molecule has 272 valence electrons. The van der Waals surface area contributed by atoms with E-state index in [9.17, 15) is 30.7 Å². The van der Waals surface area contributed by atoms with Gasteiger partial charge in [-0.05, 0) is 128 Å². The second-order valence-corrected chi connectivity index (χ2v) is 15.9. The minimum Gasteiger partial charge on any atom is -0.398 e. The molecule has 52 heavy (non-hydrogen) atoms. The van der Waals surface area contributed by atoms with Gasteiger partial charge in [0.25, 0.3) is 20.2 Å². The van der Waals surface area contributed by atoms with Crippen molar-refractivity contribution >= 4 is 60.3 Å². The summed E-state index contributed by atoms with van der Waals surface area (Å²) >= 11 is 0. The molecule has 5 aromatic rings. The summed E-state index contributed by atoms with van der Waals surface area (Å²) in [5.74, 6) is -0.984. The Balaban J connectivity index is 1.60. The minimum atomic E-state index is -4.96. The van der Waals surface area contributed by atoms with E-state index in [1.165, 1.54) is 13.0 Å². The maximum absolute atomic E-state index is 12.7. The monoisotopic (exact) mass is 742 g/mol. The molecule has 5 aromatic carbocycles. The molecule has 1 atom stereocenters. The second-order valence-electron chi connectivity index (χ2n) is 13.1. The first-order valence-electron chi connectivity index (χ1n) is 16.3. The van der Waals surface area contributed by atoms with Gasteiger partial charge in [0.1, 0.15) is 0 Å². The fourth-order valence-corrected chi connectivity index (χ4v) is 7.98. The number of hydrogen-bond acceptors (Lipinski definition) is 8. The van der Waals surface area contributed by atoms with Gasteiger partial charge in [-0.2, -0.15) is 16.8 Å². The third-order valence-electron chi connectivity index (χ3n) is 9.20. The predicted octanol–water partition coefficient (Wildman–Crippen LogP) is 8.24. The van der Waals surface area contributed by atoms with Gasteiger partial charge in [0.2, 0.25) is 5.91 Å². The number of amides is 1. The number of carbonyl (C=O) groups excluding carboxylic acids is 1. The highest BCUT2D eigenvalue weighted by molar-refractivity contribution is 7.86. The number of carbonyl (C=O) groups is 1. The Kier molecular flexibility index (Phi) is 10.6. The van der Waals surface area contributed by atoms with Crippen LogP contribution in [0.25, 0.3) is 0 Å². The van der Waals surface area contributed by atoms with Gasteiger partial charge < -0.3 is 21.7 Å². The van der Waals surface area contributed by atoms with Crippen LogP contribution in [0.3, 0.4) is 0 Å². The first-order valence-corrected chi connectivity index (χ1v) is 19.2. The van der Waals surface area contributed by atoms with E-state index in [-0.39, 0.29) is 11.5 Å². The zero-order valence-corrected chi connectivity index (χ0v) is 31.5. The van der Waals surface area contributed by atoms with Crippen LogP contribution < -0.4 is 21.7 Å². The molecule has 0 aliphatic carbocycles. The molecule has 7 N–H and O–H groups in total. The Bertz CT molecular complexity index is 2430. The summed E-state index contributed by atoms with van der Waals surface area (Å²) in [5.41, 5.74) is 17.9. The first kappa shape index (κ1) is 38.0.